The fourth-order valence-electron chi connectivity index (χ4n) is 2.49. The summed E-state index contributed by atoms with van der Waals surface area (Å²) in [5, 5.41) is 0. The first kappa shape index (κ1) is 13.8. The molecule has 0 spiro atoms. The number of hydrogen-bond acceptors (Lipinski definition) is 4. The Bertz CT molecular complexity index is 598. The van der Waals surface area contributed by atoms with Gasteiger partial charge in [0.25, 0.3) is 0 Å². The predicted molar refractivity (Wildman–Crippen MR) is 85.6 cm³/mol. The molecule has 0 radical (unpaired) electrons. The minimum Gasteiger partial charge on any atom is -0.369 e. The van der Waals surface area contributed by atoms with E-state index < -0.39 is 0 Å². The summed E-state index contributed by atoms with van der Waals surface area (Å²) >= 11 is 0. The highest BCUT2D eigenvalue weighted by Gasteiger charge is 2.16. The minimum absolute atomic E-state index is 0.894. The van der Waals surface area contributed by atoms with E-state index in [2.05, 4.69) is 39.5 Å². The van der Waals surface area contributed by atoms with Crippen molar-refractivity contribution in [1.29, 1.82) is 0 Å². The summed E-state index contributed by atoms with van der Waals surface area (Å²) in [6, 6.07) is 9.95. The van der Waals surface area contributed by atoms with Crippen LogP contribution < -0.4 is 0 Å². The van der Waals surface area contributed by atoms with Crippen molar-refractivity contribution in [3.05, 3.63) is 54.9 Å². The molecule has 0 saturated carbocycles. The molecule has 4 heteroatoms. The van der Waals surface area contributed by atoms with Gasteiger partial charge in [0, 0.05) is 49.8 Å². The van der Waals surface area contributed by atoms with Gasteiger partial charge in [-0.15, -0.1) is 0 Å². The number of hydrogen-bond donors (Lipinski definition) is 0. The first-order chi connectivity index (χ1) is 10.2. The van der Waals surface area contributed by atoms with E-state index in [9.17, 15) is 0 Å². The monoisotopic (exact) mass is 280 g/mol. The molecule has 0 atom stereocenters. The fourth-order valence-corrected chi connectivity index (χ4v) is 2.49. The van der Waals surface area contributed by atoms with E-state index in [-0.39, 0.29) is 0 Å². The summed E-state index contributed by atoms with van der Waals surface area (Å²) < 4.78 is 0. The molecule has 3 heterocycles. The number of rotatable bonds is 3. The van der Waals surface area contributed by atoms with Crippen molar-refractivity contribution in [3.8, 4) is 11.4 Å². The van der Waals surface area contributed by atoms with E-state index in [1.54, 1.807) is 6.20 Å². The zero-order chi connectivity index (χ0) is 14.7. The molecular weight excluding hydrogens is 260 g/mol. The largest absolute Gasteiger partial charge is 0.369 e. The molecule has 2 aromatic heterocycles. The Morgan fingerprint density at radius 1 is 1.00 bits per heavy atom. The van der Waals surface area contributed by atoms with Gasteiger partial charge in [-0.25, -0.2) is 0 Å². The summed E-state index contributed by atoms with van der Waals surface area (Å²) in [6.07, 6.45) is 3.68. The standard InChI is InChI=1S/C17H20N4/c1-14(21-11-9-20(2)10-12-21)15-6-7-17(19-13-15)16-5-3-4-8-18-16/h3-8,13H,1,9-12H2,2H3. The molecule has 0 aliphatic carbocycles. The van der Waals surface area contributed by atoms with E-state index in [0.29, 0.717) is 0 Å². The second-order valence-corrected chi connectivity index (χ2v) is 5.38. The predicted octanol–water partition coefficient (Wildman–Crippen LogP) is 2.36. The van der Waals surface area contributed by atoms with E-state index >= 15 is 0 Å². The fraction of sp³-hybridized carbons (Fsp3) is 0.294. The molecular formula is C17H20N4. The van der Waals surface area contributed by atoms with Crippen molar-refractivity contribution in [3.63, 3.8) is 0 Å². The normalized spacial score (nSPS) is 16.0. The van der Waals surface area contributed by atoms with Crippen LogP contribution in [0.5, 0.6) is 0 Å². The lowest BCUT2D eigenvalue weighted by atomic mass is 10.1. The molecule has 0 bridgehead atoms. The maximum absolute atomic E-state index is 4.52. The Morgan fingerprint density at radius 2 is 1.76 bits per heavy atom. The molecule has 0 aromatic carbocycles. The molecule has 0 amide bonds. The van der Waals surface area contributed by atoms with Gasteiger partial charge in [0.1, 0.15) is 0 Å². The lowest BCUT2D eigenvalue weighted by Gasteiger charge is -2.35. The first-order valence-corrected chi connectivity index (χ1v) is 7.24. The molecule has 3 rings (SSSR count). The van der Waals surface area contributed by atoms with Crippen LogP contribution in [0.4, 0.5) is 0 Å². The molecule has 1 fully saturated rings. The summed E-state index contributed by atoms with van der Waals surface area (Å²) in [5.41, 5.74) is 3.93. The van der Waals surface area contributed by atoms with E-state index in [0.717, 1.165) is 48.8 Å². The zero-order valence-electron chi connectivity index (χ0n) is 12.4. The van der Waals surface area contributed by atoms with E-state index in [1.165, 1.54) is 0 Å². The van der Waals surface area contributed by atoms with Crippen molar-refractivity contribution < 1.29 is 0 Å². The van der Waals surface area contributed by atoms with Crippen LogP contribution in [0, 0.1) is 0 Å². The van der Waals surface area contributed by atoms with Gasteiger partial charge >= 0.3 is 0 Å². The summed E-state index contributed by atoms with van der Waals surface area (Å²) in [4.78, 5) is 13.5. The molecule has 4 nitrogen and oxygen atoms in total. The first-order valence-electron chi connectivity index (χ1n) is 7.24. The van der Waals surface area contributed by atoms with Crippen LogP contribution in [-0.4, -0.2) is 53.0 Å². The Hall–Kier alpha value is -2.20. The van der Waals surface area contributed by atoms with Crippen LogP contribution in [0.2, 0.25) is 0 Å². The van der Waals surface area contributed by atoms with Crippen molar-refractivity contribution in [2.75, 3.05) is 33.2 Å². The Kier molecular flexibility index (Phi) is 3.97. The Morgan fingerprint density at radius 3 is 2.38 bits per heavy atom. The van der Waals surface area contributed by atoms with Crippen LogP contribution in [0.3, 0.4) is 0 Å². The quantitative estimate of drug-likeness (QED) is 0.864. The highest BCUT2D eigenvalue weighted by atomic mass is 15.2. The van der Waals surface area contributed by atoms with Gasteiger partial charge in [0.15, 0.2) is 0 Å². The summed E-state index contributed by atoms with van der Waals surface area (Å²) in [6.45, 7) is 8.44. The van der Waals surface area contributed by atoms with Gasteiger partial charge < -0.3 is 9.80 Å². The number of nitrogens with zero attached hydrogens (tertiary/aromatic N) is 4. The van der Waals surface area contributed by atoms with Gasteiger partial charge in [-0.1, -0.05) is 12.6 Å². The Labute approximate surface area is 125 Å². The third-order valence-corrected chi connectivity index (χ3v) is 3.91. The third kappa shape index (κ3) is 3.11. The number of pyridine rings is 2. The van der Waals surface area contributed by atoms with E-state index in [4.69, 9.17) is 0 Å². The minimum atomic E-state index is 0.894. The molecule has 1 saturated heterocycles. The average molecular weight is 280 g/mol. The maximum Gasteiger partial charge on any atom is 0.0886 e. The highest BCUT2D eigenvalue weighted by molar-refractivity contribution is 5.64. The van der Waals surface area contributed by atoms with Crippen LogP contribution in [0.25, 0.3) is 17.1 Å². The molecule has 21 heavy (non-hydrogen) atoms. The molecule has 2 aromatic rings. The second-order valence-electron chi connectivity index (χ2n) is 5.38. The van der Waals surface area contributed by atoms with Crippen LogP contribution in [0.1, 0.15) is 5.56 Å². The van der Waals surface area contributed by atoms with Gasteiger partial charge in [-0.2, -0.15) is 0 Å². The highest BCUT2D eigenvalue weighted by Crippen LogP contribution is 2.20. The van der Waals surface area contributed by atoms with Gasteiger partial charge in [-0.3, -0.25) is 9.97 Å². The lowest BCUT2D eigenvalue weighted by Crippen LogP contribution is -2.43. The molecule has 108 valence electrons. The molecule has 1 aliphatic rings. The summed E-state index contributed by atoms with van der Waals surface area (Å²) in [7, 11) is 2.16. The number of aromatic nitrogens is 2. The van der Waals surface area contributed by atoms with Crippen LogP contribution >= 0.6 is 0 Å². The number of piperazine rings is 1. The lowest BCUT2D eigenvalue weighted by molar-refractivity contribution is 0.207. The van der Waals surface area contributed by atoms with Gasteiger partial charge in [0.05, 0.1) is 11.4 Å². The SMILES string of the molecule is C=C(c1ccc(-c2ccccn2)nc1)N1CCN(C)CC1. The smallest absolute Gasteiger partial charge is 0.0886 e. The van der Waals surface area contributed by atoms with Gasteiger partial charge in [-0.05, 0) is 31.3 Å². The van der Waals surface area contributed by atoms with Crippen molar-refractivity contribution in [2.45, 2.75) is 0 Å². The maximum atomic E-state index is 4.52. The van der Waals surface area contributed by atoms with Gasteiger partial charge in [0.2, 0.25) is 0 Å². The molecule has 0 N–H and O–H groups in total. The van der Waals surface area contributed by atoms with Crippen molar-refractivity contribution >= 4 is 5.70 Å². The zero-order valence-corrected chi connectivity index (χ0v) is 12.4. The molecule has 1 aliphatic heterocycles. The number of likely N-dealkylation sites (N-methyl/N-ethyl adjacent to an activating group) is 1. The van der Waals surface area contributed by atoms with Crippen LogP contribution in [0.15, 0.2) is 49.3 Å². The average Bonchev–Trinajstić information content (AvgIpc) is 2.56. The second kappa shape index (κ2) is 6.06. The van der Waals surface area contributed by atoms with Crippen molar-refractivity contribution in [2.24, 2.45) is 0 Å². The topological polar surface area (TPSA) is 32.3 Å². The molecule has 0 unspecified atom stereocenters. The Balaban J connectivity index is 1.73. The van der Waals surface area contributed by atoms with E-state index in [1.807, 2.05) is 30.5 Å². The van der Waals surface area contributed by atoms with Crippen LogP contribution in [-0.2, 0) is 0 Å². The van der Waals surface area contributed by atoms with Crippen molar-refractivity contribution in [1.82, 2.24) is 19.8 Å². The third-order valence-electron chi connectivity index (χ3n) is 3.91. The summed E-state index contributed by atoms with van der Waals surface area (Å²) in [5.74, 6) is 0.